The van der Waals surface area contributed by atoms with Crippen LogP contribution in [0.3, 0.4) is 0 Å². The highest BCUT2D eigenvalue weighted by Gasteiger charge is 2.26. The molecule has 3 heteroatoms. The summed E-state index contributed by atoms with van der Waals surface area (Å²) in [5.41, 5.74) is 0. The Hall–Kier alpha value is -0.120. The molecular weight excluding hydrogens is 176 g/mol. The monoisotopic (exact) mass is 198 g/mol. The molecule has 0 spiro atoms. The molecule has 0 heterocycles. The fraction of sp³-hybridized carbons (Fsp3) is 1.00. The van der Waals surface area contributed by atoms with Crippen LogP contribution in [0.15, 0.2) is 0 Å². The minimum atomic E-state index is -0.00154. The van der Waals surface area contributed by atoms with Crippen molar-refractivity contribution in [2.75, 3.05) is 19.6 Å². The molecule has 0 amide bonds. The summed E-state index contributed by atoms with van der Waals surface area (Å²) in [4.78, 5) is 0. The normalized spacial score (nSPS) is 31.5. The van der Waals surface area contributed by atoms with E-state index in [0.717, 1.165) is 44.4 Å². The first-order valence-electron chi connectivity index (χ1n) is 5.97. The summed E-state index contributed by atoms with van der Waals surface area (Å²) >= 11 is 0. The van der Waals surface area contributed by atoms with Gasteiger partial charge in [0.15, 0.2) is 0 Å². The maximum atomic E-state index is 9.09. The molecule has 0 aromatic heterocycles. The molecule has 0 aromatic rings. The molecule has 2 aliphatic rings. The fourth-order valence-corrected chi connectivity index (χ4v) is 1.98. The Kier molecular flexibility index (Phi) is 3.79. The summed E-state index contributed by atoms with van der Waals surface area (Å²) in [6, 6.07) is 0.844. The van der Waals surface area contributed by atoms with Crippen molar-refractivity contribution in [3.63, 3.8) is 0 Å². The third-order valence-electron chi connectivity index (χ3n) is 3.18. The average Bonchev–Trinajstić information content (AvgIpc) is 2.91. The van der Waals surface area contributed by atoms with Crippen LogP contribution in [0.2, 0.25) is 0 Å². The van der Waals surface area contributed by atoms with E-state index in [0.29, 0.717) is 0 Å². The Balaban J connectivity index is 1.33. The third kappa shape index (κ3) is 3.56. The lowest BCUT2D eigenvalue weighted by Gasteiger charge is -2.31. The molecule has 0 atom stereocenters. The molecule has 82 valence electrons. The van der Waals surface area contributed by atoms with Crippen LogP contribution in [0.25, 0.3) is 0 Å². The van der Waals surface area contributed by atoms with E-state index in [1.807, 2.05) is 0 Å². The van der Waals surface area contributed by atoms with Gasteiger partial charge in [0.1, 0.15) is 0 Å². The highest BCUT2D eigenvalue weighted by atomic mass is 16.3. The minimum Gasteiger partial charge on any atom is -0.393 e. The predicted octanol–water partition coefficient (Wildman–Crippen LogP) is 0.489. The highest BCUT2D eigenvalue weighted by molar-refractivity contribution is 4.81. The zero-order chi connectivity index (χ0) is 9.80. The van der Waals surface area contributed by atoms with Gasteiger partial charge >= 0.3 is 0 Å². The average molecular weight is 198 g/mol. The van der Waals surface area contributed by atoms with Crippen molar-refractivity contribution in [2.45, 2.75) is 44.2 Å². The van der Waals surface area contributed by atoms with Crippen LogP contribution in [0.1, 0.15) is 32.1 Å². The van der Waals surface area contributed by atoms with Crippen molar-refractivity contribution in [3.8, 4) is 0 Å². The lowest BCUT2D eigenvalue weighted by atomic mass is 9.82. The van der Waals surface area contributed by atoms with Gasteiger partial charge in [-0.25, -0.2) is 0 Å². The number of aliphatic hydroxyl groups excluding tert-OH is 1. The largest absolute Gasteiger partial charge is 0.393 e. The maximum Gasteiger partial charge on any atom is 0.0546 e. The van der Waals surface area contributed by atoms with E-state index in [9.17, 15) is 0 Å². The van der Waals surface area contributed by atoms with Crippen molar-refractivity contribution in [1.82, 2.24) is 10.6 Å². The van der Waals surface area contributed by atoms with Crippen LogP contribution in [-0.4, -0.2) is 36.9 Å². The summed E-state index contributed by atoms with van der Waals surface area (Å²) in [6.45, 7) is 3.37. The number of nitrogens with one attached hydrogen (secondary N) is 2. The van der Waals surface area contributed by atoms with E-state index < -0.39 is 0 Å². The Bertz CT molecular complexity index is 165. The number of rotatable bonds is 7. The first kappa shape index (κ1) is 10.4. The molecule has 0 aliphatic heterocycles. The molecule has 3 N–H and O–H groups in total. The Morgan fingerprint density at radius 2 is 1.93 bits per heavy atom. The van der Waals surface area contributed by atoms with Crippen molar-refractivity contribution in [3.05, 3.63) is 0 Å². The summed E-state index contributed by atoms with van der Waals surface area (Å²) in [5.74, 6) is 0.737. The van der Waals surface area contributed by atoms with Gasteiger partial charge in [-0.05, 0) is 57.7 Å². The molecule has 14 heavy (non-hydrogen) atoms. The molecule has 0 radical (unpaired) electrons. The molecule has 0 unspecified atom stereocenters. The van der Waals surface area contributed by atoms with Crippen LogP contribution in [0.4, 0.5) is 0 Å². The van der Waals surface area contributed by atoms with Gasteiger partial charge in [0.25, 0.3) is 0 Å². The highest BCUT2D eigenvalue weighted by Crippen LogP contribution is 2.25. The lowest BCUT2D eigenvalue weighted by Crippen LogP contribution is -2.36. The smallest absolute Gasteiger partial charge is 0.0546 e. The van der Waals surface area contributed by atoms with Crippen LogP contribution in [0.5, 0.6) is 0 Å². The molecule has 0 bridgehead atoms. The van der Waals surface area contributed by atoms with Gasteiger partial charge < -0.3 is 15.7 Å². The molecule has 2 aliphatic carbocycles. The third-order valence-corrected chi connectivity index (χ3v) is 3.18. The van der Waals surface area contributed by atoms with E-state index in [1.165, 1.54) is 19.3 Å². The molecule has 2 rings (SSSR count). The maximum absolute atomic E-state index is 9.09. The molecular formula is C11H22N2O. The topological polar surface area (TPSA) is 44.3 Å². The number of hydrogen-bond donors (Lipinski definition) is 3. The SMILES string of the molecule is OC1CC(CNCCCNC2CC2)C1. The first-order valence-corrected chi connectivity index (χ1v) is 5.97. The standard InChI is InChI=1S/C11H22N2O/c14-11-6-9(7-11)8-12-4-1-5-13-10-2-3-10/h9-14H,1-8H2. The van der Waals surface area contributed by atoms with Gasteiger partial charge in [0.05, 0.1) is 6.10 Å². The van der Waals surface area contributed by atoms with Crippen LogP contribution < -0.4 is 10.6 Å². The van der Waals surface area contributed by atoms with E-state index >= 15 is 0 Å². The van der Waals surface area contributed by atoms with Crippen molar-refractivity contribution >= 4 is 0 Å². The predicted molar refractivity (Wildman–Crippen MR) is 57.2 cm³/mol. The van der Waals surface area contributed by atoms with Crippen LogP contribution in [0, 0.1) is 5.92 Å². The second-order valence-electron chi connectivity index (χ2n) is 4.78. The van der Waals surface area contributed by atoms with Gasteiger partial charge in [-0.1, -0.05) is 0 Å². The fourth-order valence-electron chi connectivity index (χ4n) is 1.98. The summed E-state index contributed by atoms with van der Waals surface area (Å²) in [7, 11) is 0. The quantitative estimate of drug-likeness (QED) is 0.522. The molecule has 0 aromatic carbocycles. The van der Waals surface area contributed by atoms with E-state index in [4.69, 9.17) is 5.11 Å². The Labute approximate surface area is 86.3 Å². The second kappa shape index (κ2) is 5.10. The summed E-state index contributed by atoms with van der Waals surface area (Å²) < 4.78 is 0. The second-order valence-corrected chi connectivity index (χ2v) is 4.78. The molecule has 3 nitrogen and oxygen atoms in total. The van der Waals surface area contributed by atoms with Crippen LogP contribution in [-0.2, 0) is 0 Å². The van der Waals surface area contributed by atoms with Crippen LogP contribution >= 0.6 is 0 Å². The van der Waals surface area contributed by atoms with E-state index in [2.05, 4.69) is 10.6 Å². The summed E-state index contributed by atoms with van der Waals surface area (Å²) in [6.07, 6.45) is 6.01. The summed E-state index contributed by atoms with van der Waals surface area (Å²) in [5, 5.41) is 16.0. The van der Waals surface area contributed by atoms with Gasteiger partial charge in [-0.2, -0.15) is 0 Å². The molecule has 2 saturated carbocycles. The Morgan fingerprint density at radius 1 is 1.14 bits per heavy atom. The minimum absolute atomic E-state index is 0.00154. The zero-order valence-corrected chi connectivity index (χ0v) is 8.84. The van der Waals surface area contributed by atoms with Gasteiger partial charge in [-0.15, -0.1) is 0 Å². The van der Waals surface area contributed by atoms with Gasteiger partial charge in [0, 0.05) is 6.04 Å². The van der Waals surface area contributed by atoms with Crippen molar-refractivity contribution < 1.29 is 5.11 Å². The molecule has 2 fully saturated rings. The van der Waals surface area contributed by atoms with Crippen molar-refractivity contribution in [2.24, 2.45) is 5.92 Å². The lowest BCUT2D eigenvalue weighted by molar-refractivity contribution is 0.0431. The van der Waals surface area contributed by atoms with E-state index in [-0.39, 0.29) is 6.10 Å². The molecule has 0 saturated heterocycles. The van der Waals surface area contributed by atoms with E-state index in [1.54, 1.807) is 0 Å². The van der Waals surface area contributed by atoms with Crippen molar-refractivity contribution in [1.29, 1.82) is 0 Å². The zero-order valence-electron chi connectivity index (χ0n) is 8.84. The number of aliphatic hydroxyl groups is 1. The Morgan fingerprint density at radius 3 is 2.57 bits per heavy atom. The van der Waals surface area contributed by atoms with Gasteiger partial charge in [-0.3, -0.25) is 0 Å². The van der Waals surface area contributed by atoms with Gasteiger partial charge in [0.2, 0.25) is 0 Å². The number of hydrogen-bond acceptors (Lipinski definition) is 3. The first-order chi connectivity index (χ1) is 6.84.